The highest BCUT2D eigenvalue weighted by Crippen LogP contribution is 2.36. The van der Waals surface area contributed by atoms with Crippen LogP contribution in [0.5, 0.6) is 0 Å². The van der Waals surface area contributed by atoms with Crippen molar-refractivity contribution in [2.45, 2.75) is 111 Å². The molecule has 0 bridgehead atoms. The molecular weight excluding hydrogens is 442 g/mol. The zero-order valence-electron chi connectivity index (χ0n) is 22.6. The van der Waals surface area contributed by atoms with E-state index >= 15 is 0 Å². The van der Waals surface area contributed by atoms with Gasteiger partial charge in [0.2, 0.25) is 11.8 Å². The first kappa shape index (κ1) is 28.7. The highest BCUT2D eigenvalue weighted by molar-refractivity contribution is 5.92. The summed E-state index contributed by atoms with van der Waals surface area (Å²) in [5, 5.41) is 5.85. The van der Waals surface area contributed by atoms with Gasteiger partial charge in [-0.1, -0.05) is 63.4 Å². The van der Waals surface area contributed by atoms with E-state index in [-0.39, 0.29) is 23.8 Å². The van der Waals surface area contributed by atoms with Crippen LogP contribution in [0, 0.1) is 12.8 Å². The van der Waals surface area contributed by atoms with E-state index in [2.05, 4.69) is 17.6 Å². The molecule has 1 aliphatic rings. The topological polar surface area (TPSA) is 87.7 Å². The molecule has 0 aromatic heterocycles. The Hall–Kier alpha value is -2.57. The Morgan fingerprint density at radius 2 is 1.71 bits per heavy atom. The van der Waals surface area contributed by atoms with Crippen LogP contribution in [-0.4, -0.2) is 47.0 Å². The lowest BCUT2D eigenvalue weighted by Gasteiger charge is -2.35. The van der Waals surface area contributed by atoms with E-state index in [0.29, 0.717) is 13.0 Å². The molecule has 196 valence electrons. The van der Waals surface area contributed by atoms with E-state index in [1.165, 1.54) is 0 Å². The van der Waals surface area contributed by atoms with Crippen molar-refractivity contribution in [2.24, 2.45) is 5.92 Å². The zero-order valence-corrected chi connectivity index (χ0v) is 22.6. The number of carbonyl (C=O) groups is 3. The summed E-state index contributed by atoms with van der Waals surface area (Å²) in [7, 11) is 0. The van der Waals surface area contributed by atoms with Crippen molar-refractivity contribution in [3.8, 4) is 0 Å². The fraction of sp³-hybridized carbons (Fsp3) is 0.679. The average molecular weight is 488 g/mol. The summed E-state index contributed by atoms with van der Waals surface area (Å²) in [6, 6.07) is 6.24. The van der Waals surface area contributed by atoms with Crippen LogP contribution >= 0.6 is 0 Å². The van der Waals surface area contributed by atoms with Gasteiger partial charge < -0.3 is 20.3 Å². The fourth-order valence-corrected chi connectivity index (χ4v) is 4.06. The van der Waals surface area contributed by atoms with Gasteiger partial charge in [-0.15, -0.1) is 0 Å². The number of ether oxygens (including phenoxy) is 1. The summed E-state index contributed by atoms with van der Waals surface area (Å²) in [4.78, 5) is 41.8. The number of amides is 3. The number of rotatable bonds is 12. The van der Waals surface area contributed by atoms with Crippen molar-refractivity contribution >= 4 is 17.9 Å². The summed E-state index contributed by atoms with van der Waals surface area (Å²) >= 11 is 0. The van der Waals surface area contributed by atoms with E-state index in [1.807, 2.05) is 45.0 Å². The second kappa shape index (κ2) is 12.9. The molecule has 1 aromatic rings. The second-order valence-corrected chi connectivity index (χ2v) is 11.1. The van der Waals surface area contributed by atoms with Gasteiger partial charge in [0, 0.05) is 12.6 Å². The van der Waals surface area contributed by atoms with Crippen molar-refractivity contribution in [3.05, 3.63) is 35.4 Å². The monoisotopic (exact) mass is 487 g/mol. The normalized spacial score (nSPS) is 15.3. The number of unbranched alkanes of at least 4 members (excludes halogenated alkanes) is 2. The lowest BCUT2D eigenvalue weighted by Crippen LogP contribution is -2.54. The molecule has 0 heterocycles. The molecule has 2 atom stereocenters. The number of nitrogens with one attached hydrogen (secondary N) is 2. The molecule has 0 radical (unpaired) electrons. The lowest BCUT2D eigenvalue weighted by atomic mass is 9.98. The summed E-state index contributed by atoms with van der Waals surface area (Å²) in [5.74, 6) is -0.243. The van der Waals surface area contributed by atoms with Crippen LogP contribution in [-0.2, 0) is 14.3 Å². The number of hydrogen-bond donors (Lipinski definition) is 2. The van der Waals surface area contributed by atoms with Gasteiger partial charge in [-0.3, -0.25) is 9.59 Å². The van der Waals surface area contributed by atoms with Gasteiger partial charge in [0.15, 0.2) is 0 Å². The minimum absolute atomic E-state index is 0.0229. The summed E-state index contributed by atoms with van der Waals surface area (Å²) in [6.07, 6.45) is 4.53. The van der Waals surface area contributed by atoms with Gasteiger partial charge in [-0.25, -0.2) is 4.79 Å². The molecule has 1 saturated carbocycles. The number of alkyl carbamates (subject to hydrolysis) is 1. The fourth-order valence-electron chi connectivity index (χ4n) is 4.06. The molecule has 35 heavy (non-hydrogen) atoms. The molecule has 2 N–H and O–H groups in total. The molecule has 3 amide bonds. The predicted molar refractivity (Wildman–Crippen MR) is 139 cm³/mol. The van der Waals surface area contributed by atoms with Gasteiger partial charge in [0.05, 0.1) is 0 Å². The van der Waals surface area contributed by atoms with Gasteiger partial charge in [-0.2, -0.15) is 0 Å². The molecule has 0 spiro atoms. The predicted octanol–water partition coefficient (Wildman–Crippen LogP) is 5.27. The van der Waals surface area contributed by atoms with Gasteiger partial charge in [0.1, 0.15) is 17.7 Å². The molecule has 1 aliphatic carbocycles. The van der Waals surface area contributed by atoms with Crippen LogP contribution in [0.4, 0.5) is 4.79 Å². The third kappa shape index (κ3) is 9.54. The van der Waals surface area contributed by atoms with Crippen molar-refractivity contribution in [1.29, 1.82) is 0 Å². The minimum Gasteiger partial charge on any atom is -0.444 e. The minimum atomic E-state index is -0.772. The average Bonchev–Trinajstić information content (AvgIpc) is 3.58. The molecular formula is C28H45N3O4. The third-order valence-corrected chi connectivity index (χ3v) is 5.89. The van der Waals surface area contributed by atoms with Crippen molar-refractivity contribution in [2.75, 3.05) is 6.54 Å². The largest absolute Gasteiger partial charge is 0.444 e. The molecule has 7 nitrogen and oxygen atoms in total. The third-order valence-electron chi connectivity index (χ3n) is 5.89. The van der Waals surface area contributed by atoms with Crippen molar-refractivity contribution in [3.63, 3.8) is 0 Å². The van der Waals surface area contributed by atoms with Crippen LogP contribution in [0.15, 0.2) is 24.3 Å². The van der Waals surface area contributed by atoms with Crippen molar-refractivity contribution < 1.29 is 19.1 Å². The van der Waals surface area contributed by atoms with E-state index in [9.17, 15) is 14.4 Å². The molecule has 1 fully saturated rings. The van der Waals surface area contributed by atoms with Gasteiger partial charge in [-0.05, 0) is 64.9 Å². The second-order valence-electron chi connectivity index (χ2n) is 11.1. The maximum absolute atomic E-state index is 14.0. The smallest absolute Gasteiger partial charge is 0.408 e. The first-order chi connectivity index (χ1) is 16.4. The van der Waals surface area contributed by atoms with Crippen LogP contribution in [0.1, 0.15) is 97.2 Å². The van der Waals surface area contributed by atoms with Crippen LogP contribution in [0.2, 0.25) is 0 Å². The molecule has 2 rings (SSSR count). The van der Waals surface area contributed by atoms with E-state index in [0.717, 1.165) is 43.2 Å². The van der Waals surface area contributed by atoms with E-state index < -0.39 is 23.8 Å². The number of carbonyl (C=O) groups excluding carboxylic acids is 3. The number of aryl methyl sites for hydroxylation is 1. The maximum Gasteiger partial charge on any atom is 0.408 e. The molecule has 0 aliphatic heterocycles. The number of benzene rings is 1. The lowest BCUT2D eigenvalue weighted by molar-refractivity contribution is -0.143. The van der Waals surface area contributed by atoms with Crippen LogP contribution < -0.4 is 10.6 Å². The molecule has 0 saturated heterocycles. The van der Waals surface area contributed by atoms with Crippen LogP contribution in [0.3, 0.4) is 0 Å². The highest BCUT2D eigenvalue weighted by Gasteiger charge is 2.44. The van der Waals surface area contributed by atoms with Gasteiger partial charge >= 0.3 is 6.09 Å². The number of hydrogen-bond acceptors (Lipinski definition) is 4. The summed E-state index contributed by atoms with van der Waals surface area (Å²) in [6.45, 7) is 14.1. The Bertz CT molecular complexity index is 841. The Kier molecular flexibility index (Phi) is 10.6. The molecule has 1 aromatic carbocycles. The summed E-state index contributed by atoms with van der Waals surface area (Å²) < 4.78 is 5.44. The maximum atomic E-state index is 14.0. The summed E-state index contributed by atoms with van der Waals surface area (Å²) in [5.41, 5.74) is 1.20. The SMILES string of the molecule is CCCCCNC(=O)C(c1ccc(C)cc1)N(C(=O)C(CC(C)C)NC(=O)OC(C)(C)C)C1CC1. The first-order valence-electron chi connectivity index (χ1n) is 13.1. The zero-order chi connectivity index (χ0) is 26.2. The highest BCUT2D eigenvalue weighted by atomic mass is 16.6. The Balaban J connectivity index is 2.36. The number of nitrogens with zero attached hydrogens (tertiary/aromatic N) is 1. The Morgan fingerprint density at radius 3 is 2.23 bits per heavy atom. The Morgan fingerprint density at radius 1 is 1.09 bits per heavy atom. The molecule has 2 unspecified atom stereocenters. The standard InChI is InChI=1S/C28H45N3O4/c1-8-9-10-17-29-25(32)24(21-13-11-20(4)12-14-21)31(22-15-16-22)26(33)23(18-19(2)3)30-27(34)35-28(5,6)7/h11-14,19,22-24H,8-10,15-18H2,1-7H3,(H,29,32)(H,30,34). The molecule has 7 heteroatoms. The van der Waals surface area contributed by atoms with E-state index in [4.69, 9.17) is 4.74 Å². The van der Waals surface area contributed by atoms with Crippen molar-refractivity contribution in [1.82, 2.24) is 15.5 Å². The quantitative estimate of drug-likeness (QED) is 0.393. The Labute approximate surface area is 211 Å². The first-order valence-corrected chi connectivity index (χ1v) is 13.1. The van der Waals surface area contributed by atoms with Gasteiger partial charge in [0.25, 0.3) is 0 Å². The van der Waals surface area contributed by atoms with E-state index in [1.54, 1.807) is 25.7 Å². The van der Waals surface area contributed by atoms with Crippen LogP contribution in [0.25, 0.3) is 0 Å².